The Morgan fingerprint density at radius 1 is 1.03 bits per heavy atom. The Morgan fingerprint density at radius 2 is 1.90 bits per heavy atom. The van der Waals surface area contributed by atoms with Gasteiger partial charge in [0.1, 0.15) is 0 Å². The smallest absolute Gasteiger partial charge is 0.211 e. The second kappa shape index (κ2) is 7.50. The zero-order valence-electron chi connectivity index (χ0n) is 17.6. The normalized spacial score (nSPS) is 20.8. The highest BCUT2D eigenvalue weighted by Crippen LogP contribution is 2.44. The van der Waals surface area contributed by atoms with E-state index in [0.717, 1.165) is 66.5 Å². The van der Waals surface area contributed by atoms with Gasteiger partial charge in [-0.05, 0) is 30.9 Å². The average Bonchev–Trinajstić information content (AvgIpc) is 3.43. The van der Waals surface area contributed by atoms with Crippen LogP contribution in [0.25, 0.3) is 16.6 Å². The summed E-state index contributed by atoms with van der Waals surface area (Å²) >= 11 is 1.70. The quantitative estimate of drug-likeness (QED) is 0.469. The van der Waals surface area contributed by atoms with Crippen LogP contribution in [0.15, 0.2) is 64.9 Å². The molecule has 0 unspecified atom stereocenters. The lowest BCUT2D eigenvalue weighted by atomic mass is 9.72. The third kappa shape index (κ3) is 3.18. The summed E-state index contributed by atoms with van der Waals surface area (Å²) < 4.78 is 7.93. The Bertz CT molecular complexity index is 1240. The number of rotatable bonds is 3. The topological polar surface area (TPSA) is 55.5 Å². The minimum Gasteiger partial charge on any atom is -0.381 e. The average molecular weight is 432 g/mol. The lowest BCUT2D eigenvalue weighted by molar-refractivity contribution is 0.127. The van der Waals surface area contributed by atoms with Crippen LogP contribution in [0.4, 0.5) is 5.95 Å². The van der Waals surface area contributed by atoms with Gasteiger partial charge in [0.25, 0.3) is 0 Å². The molecular formula is C24H25N5OS. The largest absolute Gasteiger partial charge is 0.381 e. The van der Waals surface area contributed by atoms with E-state index in [1.165, 1.54) is 4.90 Å². The number of anilines is 1. The molecule has 1 spiro atoms. The minimum atomic E-state index is 0.350. The molecule has 2 saturated heterocycles. The number of imidazole rings is 1. The highest BCUT2D eigenvalue weighted by atomic mass is 32.2. The minimum absolute atomic E-state index is 0.350. The van der Waals surface area contributed by atoms with Gasteiger partial charge < -0.3 is 9.64 Å². The fraction of sp³-hybridized carbons (Fsp3) is 0.375. The van der Waals surface area contributed by atoms with Gasteiger partial charge in [0.15, 0.2) is 5.65 Å². The van der Waals surface area contributed by atoms with Gasteiger partial charge in [0, 0.05) is 60.2 Å². The molecule has 3 aromatic heterocycles. The zero-order chi connectivity index (χ0) is 20.8. The van der Waals surface area contributed by atoms with Crippen molar-refractivity contribution < 1.29 is 4.74 Å². The predicted molar refractivity (Wildman–Crippen MR) is 123 cm³/mol. The molecule has 0 radical (unpaired) electrons. The molecule has 2 aliphatic heterocycles. The highest BCUT2D eigenvalue weighted by molar-refractivity contribution is 7.99. The van der Waals surface area contributed by atoms with Gasteiger partial charge in [-0.3, -0.25) is 9.38 Å². The van der Waals surface area contributed by atoms with E-state index >= 15 is 0 Å². The fourth-order valence-corrected chi connectivity index (χ4v) is 6.01. The molecule has 0 aliphatic carbocycles. The molecule has 4 aromatic rings. The lowest BCUT2D eigenvalue weighted by Gasteiger charge is -2.41. The summed E-state index contributed by atoms with van der Waals surface area (Å²) in [5.41, 5.74) is 2.31. The molecule has 2 fully saturated rings. The second-order valence-corrected chi connectivity index (χ2v) is 9.82. The molecular weight excluding hydrogens is 406 g/mol. The molecule has 1 atom stereocenters. The Balaban J connectivity index is 1.31. The first kappa shape index (κ1) is 19.1. The molecule has 0 bridgehead atoms. The van der Waals surface area contributed by atoms with Crippen LogP contribution in [0.2, 0.25) is 0 Å². The first-order valence-electron chi connectivity index (χ1n) is 10.9. The summed E-state index contributed by atoms with van der Waals surface area (Å²) in [4.78, 5) is 18.7. The maximum atomic E-state index is 5.80. The van der Waals surface area contributed by atoms with Crippen molar-refractivity contribution in [1.29, 1.82) is 0 Å². The molecule has 2 aliphatic rings. The number of piperidine rings is 1. The Morgan fingerprint density at radius 3 is 2.74 bits per heavy atom. The van der Waals surface area contributed by atoms with Crippen molar-refractivity contribution in [3.05, 3.63) is 55.1 Å². The van der Waals surface area contributed by atoms with Gasteiger partial charge in [0.2, 0.25) is 5.95 Å². The molecule has 6 nitrogen and oxygen atoms in total. The molecule has 5 heterocycles. The summed E-state index contributed by atoms with van der Waals surface area (Å²) in [5, 5.41) is 1.15. The number of para-hydroxylation sites is 1. The van der Waals surface area contributed by atoms with Gasteiger partial charge in [-0.1, -0.05) is 36.9 Å². The van der Waals surface area contributed by atoms with Crippen LogP contribution in [0.1, 0.15) is 19.8 Å². The third-order valence-electron chi connectivity index (χ3n) is 7.05. The number of pyridine rings is 1. The number of nitrogens with zero attached hydrogens (tertiary/aromatic N) is 5. The number of benzene rings is 1. The second-order valence-electron chi connectivity index (χ2n) is 8.74. The zero-order valence-corrected chi connectivity index (χ0v) is 18.4. The molecule has 0 saturated carbocycles. The maximum absolute atomic E-state index is 5.80. The number of hydrogen-bond donors (Lipinski definition) is 0. The summed E-state index contributed by atoms with van der Waals surface area (Å²) in [7, 11) is 0. The predicted octanol–water partition coefficient (Wildman–Crippen LogP) is 4.68. The summed E-state index contributed by atoms with van der Waals surface area (Å²) in [6.07, 6.45) is 10.1. The van der Waals surface area contributed by atoms with E-state index in [4.69, 9.17) is 9.72 Å². The Labute approximate surface area is 185 Å². The molecule has 1 aromatic carbocycles. The first-order chi connectivity index (χ1) is 15.2. The van der Waals surface area contributed by atoms with Crippen LogP contribution in [-0.4, -0.2) is 45.7 Å². The van der Waals surface area contributed by atoms with Crippen LogP contribution < -0.4 is 4.90 Å². The van der Waals surface area contributed by atoms with Crippen LogP contribution in [-0.2, 0) is 4.74 Å². The third-order valence-corrected chi connectivity index (χ3v) is 8.13. The van der Waals surface area contributed by atoms with Gasteiger partial charge in [-0.25, -0.2) is 9.97 Å². The van der Waals surface area contributed by atoms with Crippen molar-refractivity contribution in [2.45, 2.75) is 29.6 Å². The van der Waals surface area contributed by atoms with Crippen LogP contribution in [0.5, 0.6) is 0 Å². The summed E-state index contributed by atoms with van der Waals surface area (Å²) in [6.45, 7) is 6.17. The van der Waals surface area contributed by atoms with Gasteiger partial charge in [-0.15, -0.1) is 0 Å². The molecule has 7 heteroatoms. The van der Waals surface area contributed by atoms with E-state index < -0.39 is 0 Å². The summed E-state index contributed by atoms with van der Waals surface area (Å²) in [5.74, 6) is 1.63. The van der Waals surface area contributed by atoms with Gasteiger partial charge >= 0.3 is 0 Å². The fourth-order valence-electron chi connectivity index (χ4n) is 5.01. The van der Waals surface area contributed by atoms with Gasteiger partial charge in [0.05, 0.1) is 17.0 Å². The SMILES string of the molecule is C[C@@H]1COCC12CCN(c1ncc(Sc3ccnc4ccccc34)c3nccn13)CC2. The van der Waals surface area contributed by atoms with E-state index in [-0.39, 0.29) is 0 Å². The van der Waals surface area contributed by atoms with Crippen molar-refractivity contribution in [3.8, 4) is 0 Å². The molecule has 31 heavy (non-hydrogen) atoms. The monoisotopic (exact) mass is 431 g/mol. The number of fused-ring (bicyclic) bond motifs is 2. The van der Waals surface area contributed by atoms with E-state index in [1.54, 1.807) is 11.8 Å². The lowest BCUT2D eigenvalue weighted by Crippen LogP contribution is -2.44. The number of ether oxygens (including phenoxy) is 1. The van der Waals surface area contributed by atoms with Crippen molar-refractivity contribution in [2.24, 2.45) is 11.3 Å². The van der Waals surface area contributed by atoms with E-state index in [9.17, 15) is 0 Å². The van der Waals surface area contributed by atoms with E-state index in [0.29, 0.717) is 11.3 Å². The van der Waals surface area contributed by atoms with Crippen molar-refractivity contribution >= 4 is 34.3 Å². The molecule has 0 N–H and O–H groups in total. The highest BCUT2D eigenvalue weighted by Gasteiger charge is 2.43. The van der Waals surface area contributed by atoms with E-state index in [2.05, 4.69) is 44.4 Å². The van der Waals surface area contributed by atoms with Crippen LogP contribution >= 0.6 is 11.8 Å². The van der Waals surface area contributed by atoms with Crippen molar-refractivity contribution in [1.82, 2.24) is 19.4 Å². The summed E-state index contributed by atoms with van der Waals surface area (Å²) in [6, 6.07) is 10.3. The van der Waals surface area contributed by atoms with Crippen LogP contribution in [0.3, 0.4) is 0 Å². The van der Waals surface area contributed by atoms with E-state index in [1.807, 2.05) is 36.9 Å². The number of aromatic nitrogens is 4. The standard InChI is InChI=1S/C24H25N5OS/c1-17-15-30-16-24(17)7-11-28(12-8-24)23-27-14-21(22-26-10-13-29(22)23)31-20-6-9-25-19-5-3-2-4-18(19)20/h2-6,9-10,13-14,17H,7-8,11-12,15-16H2,1H3/t17-/m1/s1. The maximum Gasteiger partial charge on any atom is 0.211 e. The number of hydrogen-bond acceptors (Lipinski definition) is 6. The molecule has 0 amide bonds. The first-order valence-corrected chi connectivity index (χ1v) is 11.7. The van der Waals surface area contributed by atoms with Crippen molar-refractivity contribution in [3.63, 3.8) is 0 Å². The Kier molecular flexibility index (Phi) is 4.61. The van der Waals surface area contributed by atoms with Crippen molar-refractivity contribution in [2.75, 3.05) is 31.2 Å². The Hall–Kier alpha value is -2.64. The molecule has 6 rings (SSSR count). The van der Waals surface area contributed by atoms with Gasteiger partial charge in [-0.2, -0.15) is 0 Å². The molecule has 158 valence electrons. The van der Waals surface area contributed by atoms with Crippen LogP contribution in [0, 0.1) is 11.3 Å².